The molecule has 0 saturated carbocycles. The molecule has 0 bridgehead atoms. The van der Waals surface area contributed by atoms with E-state index in [1.54, 1.807) is 0 Å². The fraction of sp³-hybridized carbons (Fsp3) is 0.444. The van der Waals surface area contributed by atoms with Gasteiger partial charge < -0.3 is 29.4 Å². The second-order valence-electron chi connectivity index (χ2n) is 7.98. The van der Waals surface area contributed by atoms with Crippen LogP contribution in [0.3, 0.4) is 0 Å². The summed E-state index contributed by atoms with van der Waals surface area (Å²) >= 11 is 0. The molecule has 2 N–H and O–H groups in total. The summed E-state index contributed by atoms with van der Waals surface area (Å²) in [7, 11) is 0. The monoisotopic (exact) mass is 469 g/mol. The third-order valence-corrected chi connectivity index (χ3v) is 5.62. The molecule has 34 heavy (non-hydrogen) atoms. The van der Waals surface area contributed by atoms with Crippen LogP contribution in [-0.2, 0) is 30.3 Å². The minimum Gasteiger partial charge on any atom is -0.459 e. The van der Waals surface area contributed by atoms with E-state index >= 15 is 0 Å². The van der Waals surface area contributed by atoms with Crippen molar-refractivity contribution in [2.45, 2.75) is 32.1 Å². The lowest BCUT2D eigenvalue weighted by molar-refractivity contribution is -0.168. The topological polar surface area (TPSA) is 86.3 Å². The van der Waals surface area contributed by atoms with Gasteiger partial charge in [-0.1, -0.05) is 60.7 Å². The van der Waals surface area contributed by atoms with Crippen LogP contribution in [0.5, 0.6) is 0 Å². The average Bonchev–Trinajstić information content (AvgIpc) is 2.88. The highest BCUT2D eigenvalue weighted by molar-refractivity contribution is 5.91. The minimum absolute atomic E-state index is 0.00178. The van der Waals surface area contributed by atoms with Gasteiger partial charge in [-0.2, -0.15) is 0 Å². The largest absolute Gasteiger partial charge is 0.459 e. The fourth-order valence-corrected chi connectivity index (χ4v) is 3.96. The van der Waals surface area contributed by atoms with Crippen LogP contribution < -0.4 is 5.32 Å². The Balaban J connectivity index is 1.70. The number of rotatable bonds is 14. The molecular weight excluding hydrogens is 434 g/mol. The predicted molar refractivity (Wildman–Crippen MR) is 129 cm³/mol. The van der Waals surface area contributed by atoms with Gasteiger partial charge in [0.1, 0.15) is 0 Å². The Labute approximate surface area is 201 Å². The van der Waals surface area contributed by atoms with Crippen molar-refractivity contribution in [3.63, 3.8) is 0 Å². The van der Waals surface area contributed by atoms with Gasteiger partial charge in [0.2, 0.25) is 6.29 Å². The Kier molecular flexibility index (Phi) is 11.1. The van der Waals surface area contributed by atoms with Crippen LogP contribution in [0.15, 0.2) is 72.5 Å². The van der Waals surface area contributed by atoms with Gasteiger partial charge in [-0.05, 0) is 30.5 Å². The molecule has 1 heterocycles. The van der Waals surface area contributed by atoms with Crippen LogP contribution in [0.4, 0.5) is 0 Å². The van der Waals surface area contributed by atoms with E-state index in [-0.39, 0.29) is 30.1 Å². The first kappa shape index (κ1) is 25.9. The molecule has 2 aromatic carbocycles. The van der Waals surface area contributed by atoms with E-state index in [0.29, 0.717) is 46.0 Å². The maximum atomic E-state index is 13.0. The number of ether oxygens (including phenoxy) is 4. The molecule has 0 saturated heterocycles. The number of nitrogens with one attached hydrogen (secondary N) is 1. The van der Waals surface area contributed by atoms with E-state index in [2.05, 4.69) is 17.4 Å². The van der Waals surface area contributed by atoms with E-state index in [1.165, 1.54) is 0 Å². The highest BCUT2D eigenvalue weighted by atomic mass is 16.7. The van der Waals surface area contributed by atoms with E-state index in [1.807, 2.05) is 61.5 Å². The molecule has 1 amide bonds. The molecule has 0 unspecified atom stereocenters. The SMILES string of the molecule is CCO[C@H]1OC(C(=O)NCc2ccccc2)=C[C@@H](c2ccccc2)[C@H]1CCOCCOCCO. The van der Waals surface area contributed by atoms with Crippen molar-refractivity contribution < 1.29 is 28.8 Å². The van der Waals surface area contributed by atoms with Gasteiger partial charge in [0.25, 0.3) is 5.91 Å². The van der Waals surface area contributed by atoms with Crippen molar-refractivity contribution in [1.29, 1.82) is 0 Å². The lowest BCUT2D eigenvalue weighted by Gasteiger charge is -2.37. The summed E-state index contributed by atoms with van der Waals surface area (Å²) in [6.45, 7) is 4.51. The highest BCUT2D eigenvalue weighted by Crippen LogP contribution is 2.38. The zero-order valence-corrected chi connectivity index (χ0v) is 19.7. The number of allylic oxidation sites excluding steroid dienone is 1. The van der Waals surface area contributed by atoms with E-state index in [9.17, 15) is 4.79 Å². The Hall–Kier alpha value is -2.71. The zero-order chi connectivity index (χ0) is 24.0. The summed E-state index contributed by atoms with van der Waals surface area (Å²) < 4.78 is 23.0. The molecule has 3 rings (SSSR count). The number of hydrogen-bond acceptors (Lipinski definition) is 6. The number of aliphatic hydroxyl groups excluding tert-OH is 1. The quantitative estimate of drug-likeness (QED) is 0.413. The lowest BCUT2D eigenvalue weighted by atomic mass is 9.81. The Morgan fingerprint density at radius 2 is 1.65 bits per heavy atom. The molecule has 7 nitrogen and oxygen atoms in total. The van der Waals surface area contributed by atoms with Crippen LogP contribution in [0.1, 0.15) is 30.4 Å². The van der Waals surface area contributed by atoms with Crippen LogP contribution in [0.25, 0.3) is 0 Å². The average molecular weight is 470 g/mol. The molecule has 0 spiro atoms. The molecule has 1 aliphatic rings. The van der Waals surface area contributed by atoms with Crippen LogP contribution in [0, 0.1) is 5.92 Å². The van der Waals surface area contributed by atoms with Crippen molar-refractivity contribution >= 4 is 5.91 Å². The molecular formula is C27H35NO6. The Morgan fingerprint density at radius 1 is 0.971 bits per heavy atom. The Bertz CT molecular complexity index is 873. The van der Waals surface area contributed by atoms with Crippen molar-refractivity contribution in [3.8, 4) is 0 Å². The summed E-state index contributed by atoms with van der Waals surface area (Å²) in [5, 5.41) is 11.7. The van der Waals surface area contributed by atoms with E-state index in [0.717, 1.165) is 11.1 Å². The molecule has 1 aliphatic heterocycles. The van der Waals surface area contributed by atoms with Gasteiger partial charge in [0.05, 0.1) is 26.4 Å². The van der Waals surface area contributed by atoms with E-state index < -0.39 is 6.29 Å². The van der Waals surface area contributed by atoms with Gasteiger partial charge in [0.15, 0.2) is 5.76 Å². The minimum atomic E-state index is -0.563. The summed E-state index contributed by atoms with van der Waals surface area (Å²) in [6.07, 6.45) is 2.03. The number of aliphatic hydroxyl groups is 1. The normalized spacial score (nSPS) is 19.8. The van der Waals surface area contributed by atoms with Gasteiger partial charge >= 0.3 is 0 Å². The molecule has 2 aromatic rings. The zero-order valence-electron chi connectivity index (χ0n) is 19.7. The molecule has 3 atom stereocenters. The maximum absolute atomic E-state index is 13.0. The molecule has 7 heteroatoms. The molecule has 0 aliphatic carbocycles. The van der Waals surface area contributed by atoms with E-state index in [4.69, 9.17) is 24.1 Å². The van der Waals surface area contributed by atoms with Gasteiger partial charge in [-0.15, -0.1) is 0 Å². The number of carbonyl (C=O) groups is 1. The molecule has 0 fully saturated rings. The van der Waals surface area contributed by atoms with Crippen molar-refractivity contribution in [3.05, 3.63) is 83.6 Å². The van der Waals surface area contributed by atoms with Crippen LogP contribution >= 0.6 is 0 Å². The van der Waals surface area contributed by atoms with Gasteiger partial charge in [0, 0.05) is 31.6 Å². The number of carbonyl (C=O) groups excluding carboxylic acids is 1. The van der Waals surface area contributed by atoms with Gasteiger partial charge in [-0.25, -0.2) is 0 Å². The van der Waals surface area contributed by atoms with Crippen LogP contribution in [0.2, 0.25) is 0 Å². The standard InChI is InChI=1S/C27H35NO6/c1-2-33-27-23(13-15-31-17-18-32-16-14-29)24(22-11-7-4-8-12-22)19-25(34-27)26(30)28-20-21-9-5-3-6-10-21/h3-12,19,23-24,27,29H,2,13-18,20H2,1H3,(H,28,30)/t23-,24+,27+/m1/s1. The van der Waals surface area contributed by atoms with Crippen molar-refractivity contribution in [1.82, 2.24) is 5.32 Å². The molecule has 0 radical (unpaired) electrons. The van der Waals surface area contributed by atoms with Gasteiger partial charge in [-0.3, -0.25) is 4.79 Å². The van der Waals surface area contributed by atoms with Crippen molar-refractivity contribution in [2.24, 2.45) is 5.92 Å². The summed E-state index contributed by atoms with van der Waals surface area (Å²) in [5.41, 5.74) is 2.12. The number of amides is 1. The summed E-state index contributed by atoms with van der Waals surface area (Å²) in [6, 6.07) is 19.9. The summed E-state index contributed by atoms with van der Waals surface area (Å²) in [4.78, 5) is 13.0. The lowest BCUT2D eigenvalue weighted by Crippen LogP contribution is -2.39. The summed E-state index contributed by atoms with van der Waals surface area (Å²) in [5.74, 6) is -0.0624. The number of hydrogen-bond donors (Lipinski definition) is 2. The van der Waals surface area contributed by atoms with Crippen molar-refractivity contribution in [2.75, 3.05) is 39.6 Å². The third-order valence-electron chi connectivity index (χ3n) is 5.62. The first-order chi connectivity index (χ1) is 16.7. The molecule has 184 valence electrons. The fourth-order valence-electron chi connectivity index (χ4n) is 3.96. The highest BCUT2D eigenvalue weighted by Gasteiger charge is 2.37. The Morgan fingerprint density at radius 3 is 2.32 bits per heavy atom. The number of benzene rings is 2. The second kappa shape index (κ2) is 14.5. The van der Waals surface area contributed by atoms with Crippen LogP contribution in [-0.4, -0.2) is 56.9 Å². The first-order valence-corrected chi connectivity index (χ1v) is 11.9. The smallest absolute Gasteiger partial charge is 0.286 e. The predicted octanol–water partition coefficient (Wildman–Crippen LogP) is 3.40. The maximum Gasteiger partial charge on any atom is 0.286 e. The second-order valence-corrected chi connectivity index (χ2v) is 7.98. The third kappa shape index (κ3) is 7.95. The first-order valence-electron chi connectivity index (χ1n) is 11.9. The molecule has 0 aromatic heterocycles.